The van der Waals surface area contributed by atoms with Crippen LogP contribution < -0.4 is 9.86 Å². The van der Waals surface area contributed by atoms with E-state index in [1.165, 1.54) is 6.92 Å². The minimum atomic E-state index is -3.91. The second kappa shape index (κ2) is 4.90. The van der Waals surface area contributed by atoms with Crippen LogP contribution >= 0.6 is 0 Å². The lowest BCUT2D eigenvalue weighted by Crippen LogP contribution is -2.58. The molecule has 9 heteroatoms. The largest absolute Gasteiger partial charge is 0.388 e. The van der Waals surface area contributed by atoms with Crippen LogP contribution in [0.4, 0.5) is 4.39 Å². The van der Waals surface area contributed by atoms with Crippen LogP contribution in [0.15, 0.2) is 0 Å². The molecule has 5 N–H and O–H groups in total. The number of rotatable bonds is 3. The Morgan fingerprint density at radius 1 is 1.44 bits per heavy atom. The molecule has 0 saturated carbocycles. The average molecular weight is 258 g/mol. The predicted molar refractivity (Wildman–Crippen MR) is 52.4 cm³/mol. The zero-order valence-corrected chi connectivity index (χ0v) is 9.39. The highest BCUT2D eigenvalue weighted by atomic mass is 32.2. The van der Waals surface area contributed by atoms with E-state index >= 15 is 0 Å². The highest BCUT2D eigenvalue weighted by Gasteiger charge is 2.42. The fourth-order valence-electron chi connectivity index (χ4n) is 1.48. The van der Waals surface area contributed by atoms with Gasteiger partial charge in [0.25, 0.3) is 10.2 Å². The molecule has 0 bridgehead atoms. The van der Waals surface area contributed by atoms with E-state index in [9.17, 15) is 23.0 Å². The number of hydrogen-bond donors (Lipinski definition) is 4. The summed E-state index contributed by atoms with van der Waals surface area (Å²) in [7, 11) is -3.91. The molecule has 1 heterocycles. The van der Waals surface area contributed by atoms with Crippen molar-refractivity contribution in [1.82, 2.24) is 4.72 Å². The molecule has 0 aromatic heterocycles. The number of alkyl halides is 1. The molecule has 0 aromatic rings. The van der Waals surface area contributed by atoms with E-state index in [2.05, 4.69) is 5.14 Å². The van der Waals surface area contributed by atoms with Crippen molar-refractivity contribution in [1.29, 1.82) is 0 Å². The van der Waals surface area contributed by atoms with Crippen LogP contribution in [0.2, 0.25) is 0 Å². The third-order valence-electron chi connectivity index (χ3n) is 2.38. The van der Waals surface area contributed by atoms with Gasteiger partial charge in [0.1, 0.15) is 18.3 Å². The molecule has 0 aromatic carbocycles. The van der Waals surface area contributed by atoms with Crippen molar-refractivity contribution in [2.45, 2.75) is 37.5 Å². The van der Waals surface area contributed by atoms with Crippen LogP contribution in [0, 0.1) is 0 Å². The Morgan fingerprint density at radius 3 is 2.50 bits per heavy atom. The Labute approximate surface area is 92.6 Å². The number of nitrogens with two attached hydrogens (primary N) is 1. The summed E-state index contributed by atoms with van der Waals surface area (Å²) in [4.78, 5) is 0. The molecule has 96 valence electrons. The summed E-state index contributed by atoms with van der Waals surface area (Å²) in [6, 6.07) is 0. The summed E-state index contributed by atoms with van der Waals surface area (Å²) < 4.78 is 41.3. The topological polar surface area (TPSA) is 122 Å². The van der Waals surface area contributed by atoms with Crippen molar-refractivity contribution < 1.29 is 27.8 Å². The molecule has 3 unspecified atom stereocenters. The Morgan fingerprint density at radius 2 is 2.00 bits per heavy atom. The summed E-state index contributed by atoms with van der Waals surface area (Å²) >= 11 is 0. The standard InChI is InChI=1S/C7H15FN2O5S/c1-3-5(8)7(12)6(11)4(15-3)2-10-16(9,13)14/h3-7,10-12H,2H2,1H3,(H2,9,13,14)/t3?,4?,5?,6-,7-/m1/s1. The second-order valence-corrected chi connectivity index (χ2v) is 5.08. The van der Waals surface area contributed by atoms with Gasteiger partial charge in [-0.2, -0.15) is 13.1 Å². The summed E-state index contributed by atoms with van der Waals surface area (Å²) in [5.41, 5.74) is 0. The fourth-order valence-corrected chi connectivity index (χ4v) is 1.88. The van der Waals surface area contributed by atoms with Crippen LogP contribution in [0.3, 0.4) is 0 Å². The fraction of sp³-hybridized carbons (Fsp3) is 1.00. The number of aliphatic hydroxyl groups excluding tert-OH is 2. The van der Waals surface area contributed by atoms with Gasteiger partial charge in [-0.3, -0.25) is 0 Å². The zero-order chi connectivity index (χ0) is 12.5. The molecule has 1 saturated heterocycles. The third-order valence-corrected chi connectivity index (χ3v) is 2.95. The van der Waals surface area contributed by atoms with E-state index in [4.69, 9.17) is 4.74 Å². The quantitative estimate of drug-likeness (QED) is 0.450. The molecule has 0 spiro atoms. The molecule has 0 amide bonds. The van der Waals surface area contributed by atoms with E-state index in [0.717, 1.165) is 0 Å². The zero-order valence-electron chi connectivity index (χ0n) is 8.58. The van der Waals surface area contributed by atoms with Crippen LogP contribution in [0.25, 0.3) is 0 Å². The monoisotopic (exact) mass is 258 g/mol. The van der Waals surface area contributed by atoms with Crippen LogP contribution in [-0.4, -0.2) is 55.8 Å². The molecule has 1 aliphatic rings. The molecule has 0 aliphatic carbocycles. The molecular weight excluding hydrogens is 243 g/mol. The molecule has 5 atom stereocenters. The van der Waals surface area contributed by atoms with Gasteiger partial charge in [0.15, 0.2) is 6.17 Å². The molecule has 1 aliphatic heterocycles. The van der Waals surface area contributed by atoms with Gasteiger partial charge >= 0.3 is 0 Å². The van der Waals surface area contributed by atoms with Gasteiger partial charge in [0, 0.05) is 6.54 Å². The maximum Gasteiger partial charge on any atom is 0.274 e. The minimum absolute atomic E-state index is 0.325. The Kier molecular flexibility index (Phi) is 4.21. The van der Waals surface area contributed by atoms with Gasteiger partial charge in [-0.25, -0.2) is 9.53 Å². The first-order valence-corrected chi connectivity index (χ1v) is 6.20. The first-order chi connectivity index (χ1) is 7.22. The number of halogens is 1. The third kappa shape index (κ3) is 3.34. The Hall–Kier alpha value is -0.320. The normalized spacial score (nSPS) is 40.9. The van der Waals surface area contributed by atoms with E-state index in [-0.39, 0.29) is 6.54 Å². The van der Waals surface area contributed by atoms with Gasteiger partial charge in [-0.1, -0.05) is 0 Å². The predicted octanol–water partition coefficient (Wildman–Crippen LogP) is -2.37. The summed E-state index contributed by atoms with van der Waals surface area (Å²) in [5, 5.41) is 23.4. The smallest absolute Gasteiger partial charge is 0.274 e. The van der Waals surface area contributed by atoms with Gasteiger partial charge in [-0.15, -0.1) is 0 Å². The average Bonchev–Trinajstić information content (AvgIpc) is 2.17. The van der Waals surface area contributed by atoms with Crippen molar-refractivity contribution in [2.24, 2.45) is 5.14 Å². The number of ether oxygens (including phenoxy) is 1. The Balaban J connectivity index is 2.61. The summed E-state index contributed by atoms with van der Waals surface area (Å²) in [6.45, 7) is 1.05. The summed E-state index contributed by atoms with van der Waals surface area (Å²) in [5.74, 6) is 0. The van der Waals surface area contributed by atoms with Crippen molar-refractivity contribution in [2.75, 3.05) is 6.54 Å². The molecule has 16 heavy (non-hydrogen) atoms. The van der Waals surface area contributed by atoms with Crippen molar-refractivity contribution >= 4 is 10.2 Å². The molecule has 0 radical (unpaired) electrons. The second-order valence-electron chi connectivity index (χ2n) is 3.70. The lowest BCUT2D eigenvalue weighted by molar-refractivity contribution is -0.195. The van der Waals surface area contributed by atoms with Crippen molar-refractivity contribution in [3.05, 3.63) is 0 Å². The number of nitrogens with one attached hydrogen (secondary N) is 1. The van der Waals surface area contributed by atoms with Crippen molar-refractivity contribution in [3.63, 3.8) is 0 Å². The van der Waals surface area contributed by atoms with Gasteiger partial charge in [0.2, 0.25) is 0 Å². The number of aliphatic hydroxyl groups is 2. The van der Waals surface area contributed by atoms with Gasteiger partial charge in [0.05, 0.1) is 6.10 Å². The van der Waals surface area contributed by atoms with E-state index in [1.54, 1.807) is 0 Å². The van der Waals surface area contributed by atoms with Gasteiger partial charge < -0.3 is 14.9 Å². The van der Waals surface area contributed by atoms with E-state index in [0.29, 0.717) is 0 Å². The SMILES string of the molecule is CC1OC(CNS(N)(=O)=O)[C@@H](O)[C@H](O)C1F. The Bertz CT molecular complexity index is 338. The minimum Gasteiger partial charge on any atom is -0.388 e. The van der Waals surface area contributed by atoms with Crippen LogP contribution in [0.5, 0.6) is 0 Å². The highest BCUT2D eigenvalue weighted by molar-refractivity contribution is 7.87. The highest BCUT2D eigenvalue weighted by Crippen LogP contribution is 2.22. The van der Waals surface area contributed by atoms with E-state index in [1.807, 2.05) is 4.72 Å². The number of hydrogen-bond acceptors (Lipinski definition) is 5. The molecule has 1 rings (SSSR count). The maximum atomic E-state index is 13.2. The van der Waals surface area contributed by atoms with Gasteiger partial charge in [-0.05, 0) is 6.92 Å². The maximum absolute atomic E-state index is 13.2. The lowest BCUT2D eigenvalue weighted by Gasteiger charge is -2.38. The van der Waals surface area contributed by atoms with Crippen molar-refractivity contribution in [3.8, 4) is 0 Å². The van der Waals surface area contributed by atoms with Crippen LogP contribution in [0.1, 0.15) is 6.92 Å². The summed E-state index contributed by atoms with van der Waals surface area (Å²) in [6.07, 6.45) is -6.77. The van der Waals surface area contributed by atoms with E-state index < -0.39 is 40.8 Å². The first kappa shape index (κ1) is 13.7. The molecule has 1 fully saturated rings. The molecule has 7 nitrogen and oxygen atoms in total. The lowest BCUT2D eigenvalue weighted by atomic mass is 9.97. The first-order valence-electron chi connectivity index (χ1n) is 4.65. The van der Waals surface area contributed by atoms with Crippen LogP contribution in [-0.2, 0) is 14.9 Å². The molecular formula is C7H15FN2O5S.